The SMILES string of the molecule is COc1ccc([C@H]2C(C#N)=C3SCN(c4ccc(C)cc4)CN3CN2c2ccc(C)cc2)cc1. The van der Waals surface area contributed by atoms with Gasteiger partial charge in [-0.1, -0.05) is 59.3 Å². The number of thioether (sulfide) groups is 1. The van der Waals surface area contributed by atoms with Crippen LogP contribution in [0.1, 0.15) is 22.7 Å². The predicted molar refractivity (Wildman–Crippen MR) is 140 cm³/mol. The Balaban J connectivity index is 1.55. The van der Waals surface area contributed by atoms with Crippen LogP contribution in [0.2, 0.25) is 0 Å². The van der Waals surface area contributed by atoms with E-state index in [1.807, 2.05) is 12.1 Å². The summed E-state index contributed by atoms with van der Waals surface area (Å²) in [6.07, 6.45) is 0. The molecule has 1 saturated heterocycles. The molecule has 3 aromatic rings. The van der Waals surface area contributed by atoms with Gasteiger partial charge in [-0.15, -0.1) is 0 Å². The summed E-state index contributed by atoms with van der Waals surface area (Å²) in [5, 5.41) is 11.5. The van der Waals surface area contributed by atoms with Gasteiger partial charge in [0, 0.05) is 11.4 Å². The van der Waals surface area contributed by atoms with E-state index in [0.29, 0.717) is 6.67 Å². The number of methoxy groups -OCH3 is 1. The van der Waals surface area contributed by atoms with E-state index in [1.165, 1.54) is 16.8 Å². The number of aryl methyl sites for hydroxylation is 2. The molecule has 1 fully saturated rings. The first-order valence-corrected chi connectivity index (χ1v) is 12.4. The minimum absolute atomic E-state index is 0.150. The van der Waals surface area contributed by atoms with E-state index in [9.17, 15) is 5.26 Å². The van der Waals surface area contributed by atoms with Crippen molar-refractivity contribution in [3.63, 3.8) is 0 Å². The minimum atomic E-state index is -0.150. The number of rotatable bonds is 4. The van der Waals surface area contributed by atoms with Crippen molar-refractivity contribution in [3.8, 4) is 11.8 Å². The number of fused-ring (bicyclic) bond motifs is 1. The summed E-state index contributed by atoms with van der Waals surface area (Å²) in [6.45, 7) is 5.66. The number of anilines is 2. The van der Waals surface area contributed by atoms with Crippen molar-refractivity contribution in [3.05, 3.63) is 100 Å². The van der Waals surface area contributed by atoms with Gasteiger partial charge in [-0.25, -0.2) is 0 Å². The predicted octanol–water partition coefficient (Wildman–Crippen LogP) is 6.04. The van der Waals surface area contributed by atoms with Crippen LogP contribution in [0.25, 0.3) is 0 Å². The lowest BCUT2D eigenvalue weighted by Crippen LogP contribution is -2.51. The van der Waals surface area contributed by atoms with Crippen molar-refractivity contribution in [1.82, 2.24) is 4.90 Å². The van der Waals surface area contributed by atoms with Crippen LogP contribution in [0.5, 0.6) is 5.75 Å². The molecule has 0 N–H and O–H groups in total. The maximum absolute atomic E-state index is 10.4. The summed E-state index contributed by atoms with van der Waals surface area (Å²) in [7, 11) is 1.67. The molecule has 0 amide bonds. The van der Waals surface area contributed by atoms with Crippen LogP contribution >= 0.6 is 11.8 Å². The van der Waals surface area contributed by atoms with Gasteiger partial charge in [0.05, 0.1) is 43.0 Å². The normalized spacial score (nSPS) is 17.9. The number of hydrogen-bond acceptors (Lipinski definition) is 6. The van der Waals surface area contributed by atoms with Gasteiger partial charge < -0.3 is 19.4 Å². The Labute approximate surface area is 205 Å². The first-order valence-electron chi connectivity index (χ1n) is 11.4. The van der Waals surface area contributed by atoms with Gasteiger partial charge >= 0.3 is 0 Å². The number of nitrogens with zero attached hydrogens (tertiary/aromatic N) is 4. The molecule has 6 heteroatoms. The Hall–Kier alpha value is -3.56. The van der Waals surface area contributed by atoms with Crippen molar-refractivity contribution in [2.24, 2.45) is 0 Å². The second-order valence-electron chi connectivity index (χ2n) is 8.78. The molecule has 2 aliphatic rings. The van der Waals surface area contributed by atoms with E-state index in [4.69, 9.17) is 4.74 Å². The molecular formula is C28H28N4OS. The zero-order valence-corrected chi connectivity index (χ0v) is 20.5. The monoisotopic (exact) mass is 468 g/mol. The van der Waals surface area contributed by atoms with Gasteiger partial charge in [0.25, 0.3) is 0 Å². The second-order valence-corrected chi connectivity index (χ2v) is 9.72. The van der Waals surface area contributed by atoms with E-state index >= 15 is 0 Å². The molecule has 0 aliphatic carbocycles. The molecule has 1 atom stereocenters. The van der Waals surface area contributed by atoms with Crippen LogP contribution in [-0.4, -0.2) is 31.2 Å². The fourth-order valence-electron chi connectivity index (χ4n) is 4.56. The maximum Gasteiger partial charge on any atom is 0.118 e. The van der Waals surface area contributed by atoms with E-state index < -0.39 is 0 Å². The van der Waals surface area contributed by atoms with E-state index in [0.717, 1.165) is 40.1 Å². The highest BCUT2D eigenvalue weighted by Gasteiger charge is 2.38. The van der Waals surface area contributed by atoms with Gasteiger partial charge in [0.2, 0.25) is 0 Å². The summed E-state index contributed by atoms with van der Waals surface area (Å²) < 4.78 is 5.37. The molecule has 0 spiro atoms. The Bertz CT molecular complexity index is 1230. The quantitative estimate of drug-likeness (QED) is 0.465. The maximum atomic E-state index is 10.4. The lowest BCUT2D eigenvalue weighted by atomic mass is 9.96. The molecule has 2 aliphatic heterocycles. The van der Waals surface area contributed by atoms with Crippen LogP contribution in [0.15, 0.2) is 83.4 Å². The molecule has 172 valence electrons. The number of ether oxygens (including phenoxy) is 1. The summed E-state index contributed by atoms with van der Waals surface area (Å²) >= 11 is 1.75. The van der Waals surface area contributed by atoms with E-state index in [1.54, 1.807) is 18.9 Å². The third-order valence-corrected chi connectivity index (χ3v) is 7.63. The Morgan fingerprint density at radius 2 is 1.44 bits per heavy atom. The molecule has 0 bridgehead atoms. The number of benzene rings is 3. The molecule has 0 radical (unpaired) electrons. The number of nitriles is 1. The molecular weight excluding hydrogens is 440 g/mol. The first-order chi connectivity index (χ1) is 16.6. The van der Waals surface area contributed by atoms with Gasteiger partial charge in [0.15, 0.2) is 0 Å². The van der Waals surface area contributed by atoms with E-state index in [-0.39, 0.29) is 6.04 Å². The lowest BCUT2D eigenvalue weighted by Gasteiger charge is -2.48. The fourth-order valence-corrected chi connectivity index (χ4v) is 5.68. The molecule has 5 nitrogen and oxygen atoms in total. The third-order valence-electron chi connectivity index (χ3n) is 6.44. The largest absolute Gasteiger partial charge is 0.497 e. The van der Waals surface area contributed by atoms with Crippen molar-refractivity contribution >= 4 is 23.1 Å². The van der Waals surface area contributed by atoms with Crippen LogP contribution in [0, 0.1) is 25.2 Å². The van der Waals surface area contributed by atoms with Crippen molar-refractivity contribution in [1.29, 1.82) is 5.26 Å². The first kappa shape index (κ1) is 22.2. The third kappa shape index (κ3) is 4.20. The second kappa shape index (κ2) is 9.36. The van der Waals surface area contributed by atoms with E-state index in [2.05, 4.69) is 95.3 Å². The molecule has 2 heterocycles. The van der Waals surface area contributed by atoms with Crippen molar-refractivity contribution in [2.75, 3.05) is 36.1 Å². The summed E-state index contributed by atoms with van der Waals surface area (Å²) in [4.78, 5) is 7.03. The van der Waals surface area contributed by atoms with Gasteiger partial charge in [-0.05, 0) is 55.8 Å². The van der Waals surface area contributed by atoms with Gasteiger partial charge in [0.1, 0.15) is 11.8 Å². The van der Waals surface area contributed by atoms with Crippen LogP contribution < -0.4 is 14.5 Å². The summed E-state index contributed by atoms with van der Waals surface area (Å²) in [6, 6.07) is 27.8. The molecule has 5 rings (SSSR count). The van der Waals surface area contributed by atoms with Crippen molar-refractivity contribution in [2.45, 2.75) is 19.9 Å². The average Bonchev–Trinajstić information content (AvgIpc) is 2.88. The molecule has 3 aromatic carbocycles. The average molecular weight is 469 g/mol. The van der Waals surface area contributed by atoms with Crippen molar-refractivity contribution < 1.29 is 4.74 Å². The Morgan fingerprint density at radius 1 is 0.824 bits per heavy atom. The van der Waals surface area contributed by atoms with Crippen LogP contribution in [-0.2, 0) is 0 Å². The highest BCUT2D eigenvalue weighted by Crippen LogP contribution is 2.44. The zero-order valence-electron chi connectivity index (χ0n) is 19.7. The highest BCUT2D eigenvalue weighted by molar-refractivity contribution is 8.03. The number of hydrogen-bond donors (Lipinski definition) is 0. The minimum Gasteiger partial charge on any atom is -0.497 e. The molecule has 34 heavy (non-hydrogen) atoms. The molecule has 0 saturated carbocycles. The topological polar surface area (TPSA) is 42.7 Å². The smallest absolute Gasteiger partial charge is 0.118 e. The van der Waals surface area contributed by atoms with Crippen LogP contribution in [0.3, 0.4) is 0 Å². The zero-order chi connectivity index (χ0) is 23.7. The fraction of sp³-hybridized carbons (Fsp3) is 0.250. The summed E-state index contributed by atoms with van der Waals surface area (Å²) in [5.74, 6) is 1.63. The standard InChI is InChI=1S/C28H28N4OS/c1-20-4-10-23(11-5-20)31-17-30-18-32(24-12-6-21(2)7-13-24)27(26(16-29)28(30)34-19-31)22-8-14-25(33-3)15-9-22/h4-15,27H,17-19H2,1-3H3/t27-/m0/s1. The van der Waals surface area contributed by atoms with Crippen LogP contribution in [0.4, 0.5) is 11.4 Å². The summed E-state index contributed by atoms with van der Waals surface area (Å²) in [5.41, 5.74) is 6.67. The van der Waals surface area contributed by atoms with Gasteiger partial charge in [-0.3, -0.25) is 0 Å². The molecule has 0 unspecified atom stereocenters. The Morgan fingerprint density at radius 3 is 2.03 bits per heavy atom. The highest BCUT2D eigenvalue weighted by atomic mass is 32.2. The molecule has 0 aromatic heterocycles. The lowest BCUT2D eigenvalue weighted by molar-refractivity contribution is 0.326. The Kier molecular flexibility index (Phi) is 6.12. The van der Waals surface area contributed by atoms with Gasteiger partial charge in [-0.2, -0.15) is 5.26 Å².